The highest BCUT2D eigenvalue weighted by molar-refractivity contribution is 6.30. The molecule has 2 rings (SSSR count). The van der Waals surface area contributed by atoms with Gasteiger partial charge in [0.15, 0.2) is 0 Å². The molecule has 0 bridgehead atoms. The summed E-state index contributed by atoms with van der Waals surface area (Å²) in [6.07, 6.45) is 0. The Morgan fingerprint density at radius 2 is 2.00 bits per heavy atom. The van der Waals surface area contributed by atoms with E-state index in [1.165, 1.54) is 0 Å². The van der Waals surface area contributed by atoms with Crippen molar-refractivity contribution in [3.8, 4) is 11.5 Å². The zero-order valence-corrected chi connectivity index (χ0v) is 9.50. The average molecular weight is 260 g/mol. The number of aromatic nitrogens is 2. The Morgan fingerprint density at radius 1 is 1.29 bits per heavy atom. The van der Waals surface area contributed by atoms with Crippen molar-refractivity contribution in [1.82, 2.24) is 10.2 Å². The molecule has 1 unspecified atom stereocenters. The van der Waals surface area contributed by atoms with Crippen molar-refractivity contribution >= 4 is 11.6 Å². The first-order valence-corrected chi connectivity index (χ1v) is 5.10. The van der Waals surface area contributed by atoms with Gasteiger partial charge in [-0.1, -0.05) is 11.6 Å². The molecule has 90 valence electrons. The normalized spacial score (nSPS) is 12.8. The molecule has 0 aliphatic heterocycles. The van der Waals surface area contributed by atoms with Crippen LogP contribution in [0.15, 0.2) is 16.5 Å². The Balaban J connectivity index is 2.49. The summed E-state index contributed by atoms with van der Waals surface area (Å²) in [6, 6.07) is 1.27. The molecule has 1 atom stereocenters. The predicted molar refractivity (Wildman–Crippen MR) is 57.3 cm³/mol. The van der Waals surface area contributed by atoms with Crippen molar-refractivity contribution in [2.75, 3.05) is 0 Å². The lowest BCUT2D eigenvalue weighted by atomic mass is 10.2. The summed E-state index contributed by atoms with van der Waals surface area (Å²) in [7, 11) is 0. The summed E-state index contributed by atoms with van der Waals surface area (Å²) in [5.74, 6) is -1.49. The van der Waals surface area contributed by atoms with Crippen molar-refractivity contribution < 1.29 is 13.2 Å². The summed E-state index contributed by atoms with van der Waals surface area (Å²) >= 11 is 5.43. The van der Waals surface area contributed by atoms with Crippen LogP contribution in [0.2, 0.25) is 5.02 Å². The highest BCUT2D eigenvalue weighted by atomic mass is 35.5. The minimum absolute atomic E-state index is 0.134. The van der Waals surface area contributed by atoms with E-state index in [1.54, 1.807) is 6.92 Å². The SMILES string of the molecule is CC(N)c1nnc(-c2cc(F)c(Cl)cc2F)o1. The molecule has 1 heterocycles. The fraction of sp³-hybridized carbons (Fsp3) is 0.200. The Labute approximate surface area is 100 Å². The van der Waals surface area contributed by atoms with Gasteiger partial charge >= 0.3 is 0 Å². The smallest absolute Gasteiger partial charge is 0.250 e. The fourth-order valence-corrected chi connectivity index (χ4v) is 1.36. The van der Waals surface area contributed by atoms with E-state index in [0.717, 1.165) is 12.1 Å². The third kappa shape index (κ3) is 2.27. The van der Waals surface area contributed by atoms with Crippen LogP contribution in [0.5, 0.6) is 0 Å². The Morgan fingerprint density at radius 3 is 2.59 bits per heavy atom. The number of nitrogens with zero attached hydrogens (tertiary/aromatic N) is 2. The Hall–Kier alpha value is -1.53. The van der Waals surface area contributed by atoms with E-state index in [0.29, 0.717) is 0 Å². The van der Waals surface area contributed by atoms with Gasteiger partial charge in [-0.25, -0.2) is 8.78 Å². The first-order valence-electron chi connectivity index (χ1n) is 4.73. The maximum atomic E-state index is 13.5. The van der Waals surface area contributed by atoms with Gasteiger partial charge in [-0.05, 0) is 19.1 Å². The molecule has 0 spiro atoms. The number of benzene rings is 1. The Bertz CT molecular complexity index is 556. The van der Waals surface area contributed by atoms with Gasteiger partial charge < -0.3 is 10.2 Å². The molecule has 0 radical (unpaired) electrons. The molecule has 4 nitrogen and oxygen atoms in total. The van der Waals surface area contributed by atoms with E-state index in [-0.39, 0.29) is 22.4 Å². The van der Waals surface area contributed by atoms with Gasteiger partial charge in [0, 0.05) is 0 Å². The molecule has 0 saturated carbocycles. The number of hydrogen-bond acceptors (Lipinski definition) is 4. The molecular weight excluding hydrogens is 252 g/mol. The van der Waals surface area contributed by atoms with Crippen LogP contribution in [-0.2, 0) is 0 Å². The Kier molecular flexibility index (Phi) is 3.08. The van der Waals surface area contributed by atoms with Gasteiger partial charge in [0.2, 0.25) is 5.89 Å². The third-order valence-corrected chi connectivity index (χ3v) is 2.36. The minimum atomic E-state index is -0.761. The van der Waals surface area contributed by atoms with E-state index >= 15 is 0 Å². The zero-order valence-electron chi connectivity index (χ0n) is 8.75. The molecule has 0 aliphatic rings. The molecule has 17 heavy (non-hydrogen) atoms. The van der Waals surface area contributed by atoms with Crippen LogP contribution >= 0.6 is 11.6 Å². The zero-order chi connectivity index (χ0) is 12.6. The second kappa shape index (κ2) is 4.38. The van der Waals surface area contributed by atoms with Crippen LogP contribution < -0.4 is 5.73 Å². The molecule has 1 aromatic carbocycles. The number of rotatable bonds is 2. The topological polar surface area (TPSA) is 64.9 Å². The van der Waals surface area contributed by atoms with Crippen LogP contribution in [0.4, 0.5) is 8.78 Å². The van der Waals surface area contributed by atoms with Crippen LogP contribution in [0.1, 0.15) is 18.9 Å². The second-order valence-electron chi connectivity index (χ2n) is 3.48. The number of hydrogen-bond donors (Lipinski definition) is 1. The van der Waals surface area contributed by atoms with Crippen molar-refractivity contribution in [1.29, 1.82) is 0 Å². The quantitative estimate of drug-likeness (QED) is 0.842. The monoisotopic (exact) mass is 259 g/mol. The maximum absolute atomic E-state index is 13.5. The van der Waals surface area contributed by atoms with Gasteiger partial charge in [0.1, 0.15) is 11.6 Å². The lowest BCUT2D eigenvalue weighted by Crippen LogP contribution is -2.04. The molecule has 0 aliphatic carbocycles. The summed E-state index contributed by atoms with van der Waals surface area (Å²) in [5.41, 5.74) is 5.37. The van der Waals surface area contributed by atoms with Crippen LogP contribution in [-0.4, -0.2) is 10.2 Å². The summed E-state index contributed by atoms with van der Waals surface area (Å²) in [6.45, 7) is 1.64. The molecule has 0 saturated heterocycles. The highest BCUT2D eigenvalue weighted by Gasteiger charge is 2.17. The van der Waals surface area contributed by atoms with Crippen molar-refractivity contribution in [3.05, 3.63) is 34.7 Å². The van der Waals surface area contributed by atoms with Crippen molar-refractivity contribution in [3.63, 3.8) is 0 Å². The van der Waals surface area contributed by atoms with Gasteiger partial charge in [-0.15, -0.1) is 10.2 Å². The first-order chi connectivity index (χ1) is 7.99. The molecule has 0 fully saturated rings. The first kappa shape index (κ1) is 11.9. The lowest BCUT2D eigenvalue weighted by Gasteiger charge is -2.00. The second-order valence-corrected chi connectivity index (χ2v) is 3.89. The van der Waals surface area contributed by atoms with Crippen LogP contribution in [0, 0.1) is 11.6 Å². The highest BCUT2D eigenvalue weighted by Crippen LogP contribution is 2.27. The summed E-state index contributed by atoms with van der Waals surface area (Å²) < 4.78 is 31.8. The van der Waals surface area contributed by atoms with E-state index < -0.39 is 17.7 Å². The van der Waals surface area contributed by atoms with Gasteiger partial charge in [-0.3, -0.25) is 0 Å². The molecule has 1 aromatic heterocycles. The summed E-state index contributed by atoms with van der Waals surface area (Å²) in [4.78, 5) is 0. The molecule has 0 amide bonds. The largest absolute Gasteiger partial charge is 0.419 e. The van der Waals surface area contributed by atoms with Crippen molar-refractivity contribution in [2.45, 2.75) is 13.0 Å². The molecule has 7 heteroatoms. The number of nitrogens with two attached hydrogens (primary N) is 1. The standard InChI is InChI=1S/C10H8ClF2N3O/c1-4(14)9-15-16-10(17-9)5-2-8(13)6(11)3-7(5)12/h2-4H,14H2,1H3. The van der Waals surface area contributed by atoms with Crippen molar-refractivity contribution in [2.24, 2.45) is 5.73 Å². The molecule has 2 N–H and O–H groups in total. The minimum Gasteiger partial charge on any atom is -0.419 e. The third-order valence-electron chi connectivity index (χ3n) is 2.07. The van der Waals surface area contributed by atoms with Gasteiger partial charge in [0.05, 0.1) is 16.6 Å². The predicted octanol–water partition coefficient (Wildman–Crippen LogP) is 2.69. The average Bonchev–Trinajstić information content (AvgIpc) is 2.72. The van der Waals surface area contributed by atoms with E-state index in [1.807, 2.05) is 0 Å². The molecule has 2 aromatic rings. The van der Waals surface area contributed by atoms with E-state index in [2.05, 4.69) is 10.2 Å². The fourth-order valence-electron chi connectivity index (χ4n) is 1.21. The van der Waals surface area contributed by atoms with Crippen LogP contribution in [0.3, 0.4) is 0 Å². The molecular formula is C10H8ClF2N3O. The van der Waals surface area contributed by atoms with E-state index in [4.69, 9.17) is 21.8 Å². The summed E-state index contributed by atoms with van der Waals surface area (Å²) in [5, 5.41) is 6.91. The number of halogens is 3. The lowest BCUT2D eigenvalue weighted by molar-refractivity contribution is 0.470. The maximum Gasteiger partial charge on any atom is 0.250 e. The van der Waals surface area contributed by atoms with Crippen LogP contribution in [0.25, 0.3) is 11.5 Å². The van der Waals surface area contributed by atoms with Gasteiger partial charge in [-0.2, -0.15) is 0 Å². The van der Waals surface area contributed by atoms with Gasteiger partial charge in [0.25, 0.3) is 5.89 Å². The van der Waals surface area contributed by atoms with E-state index in [9.17, 15) is 8.78 Å².